The van der Waals surface area contributed by atoms with Crippen molar-refractivity contribution in [3.05, 3.63) is 28.7 Å². The number of hydrogen-bond donors (Lipinski definition) is 0. The van der Waals surface area contributed by atoms with Gasteiger partial charge in [-0.25, -0.2) is 0 Å². The van der Waals surface area contributed by atoms with Gasteiger partial charge in [0.15, 0.2) is 0 Å². The molecule has 1 aromatic rings. The Morgan fingerprint density at radius 1 is 1.38 bits per heavy atom. The molecule has 0 N–H and O–H groups in total. The van der Waals surface area contributed by atoms with Crippen molar-refractivity contribution < 1.29 is 4.79 Å². The van der Waals surface area contributed by atoms with Gasteiger partial charge >= 0.3 is 0 Å². The van der Waals surface area contributed by atoms with Crippen molar-refractivity contribution in [3.63, 3.8) is 0 Å². The highest BCUT2D eigenvalue weighted by atomic mass is 79.9. The second kappa shape index (κ2) is 4.87. The van der Waals surface area contributed by atoms with E-state index in [9.17, 15) is 4.79 Å². The van der Waals surface area contributed by atoms with E-state index in [1.54, 1.807) is 0 Å². The van der Waals surface area contributed by atoms with Crippen LogP contribution >= 0.6 is 15.9 Å². The molecule has 0 bridgehead atoms. The summed E-state index contributed by atoms with van der Waals surface area (Å²) >= 11 is 3.45. The van der Waals surface area contributed by atoms with Crippen LogP contribution in [0.25, 0.3) is 0 Å². The highest BCUT2D eigenvalue weighted by Gasteiger charge is 2.22. The number of anilines is 1. The van der Waals surface area contributed by atoms with Crippen molar-refractivity contribution in [3.8, 4) is 0 Å². The zero-order valence-corrected chi connectivity index (χ0v) is 10.9. The molecule has 1 fully saturated rings. The molecular formula is C12H15BrN2O. The number of piperazine rings is 1. The fourth-order valence-electron chi connectivity index (χ4n) is 1.94. The summed E-state index contributed by atoms with van der Waals surface area (Å²) in [6.45, 7) is 5.06. The van der Waals surface area contributed by atoms with E-state index in [0.717, 1.165) is 29.8 Å². The normalized spacial score (nSPS) is 16.8. The molecule has 1 heterocycles. The van der Waals surface area contributed by atoms with Crippen LogP contribution in [0.4, 0.5) is 5.69 Å². The number of halogens is 1. The van der Waals surface area contributed by atoms with Gasteiger partial charge < -0.3 is 9.80 Å². The zero-order chi connectivity index (χ0) is 11.5. The van der Waals surface area contributed by atoms with Gasteiger partial charge in [0.1, 0.15) is 0 Å². The molecule has 0 spiro atoms. The van der Waals surface area contributed by atoms with Gasteiger partial charge in [-0.1, -0.05) is 22.0 Å². The Labute approximate surface area is 104 Å². The van der Waals surface area contributed by atoms with Crippen LogP contribution in [-0.2, 0) is 4.79 Å². The standard InChI is InChI=1S/C12H15BrN2O/c1-2-14-6-7-15(9-12(14)16)11-5-3-4-10(13)8-11/h3-5,8H,2,6-7,9H2,1H3. The Bertz CT molecular complexity index is 394. The highest BCUT2D eigenvalue weighted by Crippen LogP contribution is 2.21. The van der Waals surface area contributed by atoms with E-state index in [1.807, 2.05) is 30.0 Å². The van der Waals surface area contributed by atoms with Gasteiger partial charge in [-0.15, -0.1) is 0 Å². The molecule has 1 saturated heterocycles. The molecule has 3 nitrogen and oxygen atoms in total. The van der Waals surface area contributed by atoms with Crippen molar-refractivity contribution in [2.45, 2.75) is 6.92 Å². The smallest absolute Gasteiger partial charge is 0.242 e. The number of carbonyl (C=O) groups is 1. The minimum Gasteiger partial charge on any atom is -0.360 e. The molecule has 0 atom stereocenters. The van der Waals surface area contributed by atoms with Crippen molar-refractivity contribution in [1.82, 2.24) is 4.90 Å². The molecule has 0 radical (unpaired) electrons. The maximum Gasteiger partial charge on any atom is 0.242 e. The minimum absolute atomic E-state index is 0.216. The van der Waals surface area contributed by atoms with Crippen molar-refractivity contribution >= 4 is 27.5 Å². The van der Waals surface area contributed by atoms with Crippen LogP contribution in [0.2, 0.25) is 0 Å². The first kappa shape index (κ1) is 11.5. The van der Waals surface area contributed by atoms with E-state index in [-0.39, 0.29) is 5.91 Å². The second-order valence-electron chi connectivity index (χ2n) is 3.87. The molecule has 0 aliphatic carbocycles. The average Bonchev–Trinajstić information content (AvgIpc) is 2.29. The Morgan fingerprint density at radius 2 is 2.19 bits per heavy atom. The number of nitrogens with zero attached hydrogens (tertiary/aromatic N) is 2. The van der Waals surface area contributed by atoms with Crippen LogP contribution in [0.1, 0.15) is 6.92 Å². The largest absolute Gasteiger partial charge is 0.360 e. The summed E-state index contributed by atoms with van der Waals surface area (Å²) in [6, 6.07) is 8.08. The number of likely N-dealkylation sites (N-methyl/N-ethyl adjacent to an activating group) is 1. The lowest BCUT2D eigenvalue weighted by molar-refractivity contribution is -0.130. The van der Waals surface area contributed by atoms with E-state index in [4.69, 9.17) is 0 Å². The van der Waals surface area contributed by atoms with Gasteiger partial charge in [0.2, 0.25) is 5.91 Å². The molecule has 1 amide bonds. The topological polar surface area (TPSA) is 23.6 Å². The van der Waals surface area contributed by atoms with Crippen LogP contribution < -0.4 is 4.90 Å². The molecule has 4 heteroatoms. The molecule has 2 rings (SSSR count). The Balaban J connectivity index is 2.10. The summed E-state index contributed by atoms with van der Waals surface area (Å²) in [6.07, 6.45) is 0. The fraction of sp³-hybridized carbons (Fsp3) is 0.417. The summed E-state index contributed by atoms with van der Waals surface area (Å²) in [7, 11) is 0. The van der Waals surface area contributed by atoms with Gasteiger partial charge in [-0.2, -0.15) is 0 Å². The lowest BCUT2D eigenvalue weighted by atomic mass is 10.2. The predicted molar refractivity (Wildman–Crippen MR) is 68.6 cm³/mol. The maximum atomic E-state index is 11.8. The predicted octanol–water partition coefficient (Wildman–Crippen LogP) is 2.12. The van der Waals surface area contributed by atoms with Crippen molar-refractivity contribution in [1.29, 1.82) is 0 Å². The summed E-state index contributed by atoms with van der Waals surface area (Å²) in [4.78, 5) is 15.8. The molecule has 86 valence electrons. The van der Waals surface area contributed by atoms with Gasteiger partial charge in [-0.3, -0.25) is 4.79 Å². The lowest BCUT2D eigenvalue weighted by Crippen LogP contribution is -2.50. The molecule has 16 heavy (non-hydrogen) atoms. The molecular weight excluding hydrogens is 268 g/mol. The summed E-state index contributed by atoms with van der Waals surface area (Å²) < 4.78 is 1.05. The van der Waals surface area contributed by atoms with Gasteiger partial charge in [0.25, 0.3) is 0 Å². The first-order chi connectivity index (χ1) is 7.70. The highest BCUT2D eigenvalue weighted by molar-refractivity contribution is 9.10. The third kappa shape index (κ3) is 2.38. The lowest BCUT2D eigenvalue weighted by Gasteiger charge is -2.35. The first-order valence-electron chi connectivity index (χ1n) is 5.49. The SMILES string of the molecule is CCN1CCN(c2cccc(Br)c2)CC1=O. The van der Waals surface area contributed by atoms with E-state index in [0.29, 0.717) is 6.54 Å². The quantitative estimate of drug-likeness (QED) is 0.830. The number of carbonyl (C=O) groups excluding carboxylic acids is 1. The van der Waals surface area contributed by atoms with E-state index in [1.165, 1.54) is 0 Å². The fourth-order valence-corrected chi connectivity index (χ4v) is 2.32. The number of benzene rings is 1. The van der Waals surface area contributed by atoms with Crippen LogP contribution in [0.15, 0.2) is 28.7 Å². The van der Waals surface area contributed by atoms with Crippen LogP contribution in [0.3, 0.4) is 0 Å². The number of rotatable bonds is 2. The Kier molecular flexibility index (Phi) is 3.49. The first-order valence-corrected chi connectivity index (χ1v) is 6.28. The summed E-state index contributed by atoms with van der Waals surface area (Å²) in [5, 5.41) is 0. The Hall–Kier alpha value is -1.03. The summed E-state index contributed by atoms with van der Waals surface area (Å²) in [5.74, 6) is 0.216. The minimum atomic E-state index is 0.216. The average molecular weight is 283 g/mol. The maximum absolute atomic E-state index is 11.8. The number of amides is 1. The molecule has 0 saturated carbocycles. The van der Waals surface area contributed by atoms with E-state index >= 15 is 0 Å². The number of hydrogen-bond acceptors (Lipinski definition) is 2. The van der Waals surface area contributed by atoms with Crippen LogP contribution in [0.5, 0.6) is 0 Å². The molecule has 1 aliphatic rings. The molecule has 1 aromatic carbocycles. The second-order valence-corrected chi connectivity index (χ2v) is 4.79. The third-order valence-electron chi connectivity index (χ3n) is 2.87. The van der Waals surface area contributed by atoms with E-state index in [2.05, 4.69) is 26.9 Å². The molecule has 0 aromatic heterocycles. The van der Waals surface area contributed by atoms with Crippen LogP contribution in [0, 0.1) is 0 Å². The van der Waals surface area contributed by atoms with E-state index < -0.39 is 0 Å². The van der Waals surface area contributed by atoms with Crippen LogP contribution in [-0.4, -0.2) is 37.0 Å². The molecule has 1 aliphatic heterocycles. The van der Waals surface area contributed by atoms with Gasteiger partial charge in [-0.05, 0) is 25.1 Å². The summed E-state index contributed by atoms with van der Waals surface area (Å²) in [5.41, 5.74) is 1.11. The monoisotopic (exact) mass is 282 g/mol. The molecule has 0 unspecified atom stereocenters. The van der Waals surface area contributed by atoms with Gasteiger partial charge in [0.05, 0.1) is 6.54 Å². The van der Waals surface area contributed by atoms with Gasteiger partial charge in [0, 0.05) is 29.8 Å². The Morgan fingerprint density at radius 3 is 2.81 bits per heavy atom. The zero-order valence-electron chi connectivity index (χ0n) is 9.32. The van der Waals surface area contributed by atoms with Crippen molar-refractivity contribution in [2.75, 3.05) is 31.1 Å². The van der Waals surface area contributed by atoms with Crippen molar-refractivity contribution in [2.24, 2.45) is 0 Å². The third-order valence-corrected chi connectivity index (χ3v) is 3.37.